The number of aromatic nitrogens is 12. The van der Waals surface area contributed by atoms with Gasteiger partial charge in [-0.3, -0.25) is 29.5 Å². The van der Waals surface area contributed by atoms with Crippen molar-refractivity contribution in [2.45, 2.75) is 204 Å². The zero-order valence-electron chi connectivity index (χ0n) is 78.8. The predicted molar refractivity (Wildman–Crippen MR) is 513 cm³/mol. The van der Waals surface area contributed by atoms with Crippen LogP contribution in [0.3, 0.4) is 0 Å². The highest BCUT2D eigenvalue weighted by Gasteiger charge is 2.62. The summed E-state index contributed by atoms with van der Waals surface area (Å²) >= 11 is 0. The molecule has 4 saturated carbocycles. The molecule has 7 fully saturated rings. The Labute approximate surface area is 796 Å². The van der Waals surface area contributed by atoms with E-state index in [0.717, 1.165) is 169 Å². The monoisotopic (exact) mass is 1850 g/mol. The molecule has 3 spiro atoms. The third kappa shape index (κ3) is 16.4. The summed E-state index contributed by atoms with van der Waals surface area (Å²) in [6.45, 7) is 29.2. The highest BCUT2D eigenvalue weighted by atomic mass is 19.1. The number of halogens is 4. The molecule has 8 aliphatic carbocycles. The summed E-state index contributed by atoms with van der Waals surface area (Å²) in [6, 6.07) is 42.0. The van der Waals surface area contributed by atoms with Crippen LogP contribution in [0.1, 0.15) is 205 Å². The minimum Gasteiger partial charge on any atom is -0.390 e. The number of aldehydes is 1. The summed E-state index contributed by atoms with van der Waals surface area (Å²) in [6.07, 6.45) is 24.0. The first-order chi connectivity index (χ1) is 66.3. The second-order valence-electron chi connectivity index (χ2n) is 39.8. The summed E-state index contributed by atoms with van der Waals surface area (Å²) in [5.41, 5.74) is 17.3. The number of aliphatic hydroxyl groups excluding tert-OH is 1. The number of ether oxygens (including phenoxy) is 6. The van der Waals surface area contributed by atoms with Crippen LogP contribution >= 0.6 is 0 Å². The fraction of sp³-hybridized carbons (Fsp3) is 0.411. The quantitative estimate of drug-likeness (QED) is 0.0880. The van der Waals surface area contributed by atoms with Gasteiger partial charge < -0.3 is 33.5 Å². The van der Waals surface area contributed by atoms with Gasteiger partial charge in [0, 0.05) is 163 Å². The van der Waals surface area contributed by atoms with Crippen molar-refractivity contribution < 1.29 is 60.7 Å². The summed E-state index contributed by atoms with van der Waals surface area (Å²) in [5.74, 6) is 1.69. The zero-order chi connectivity index (χ0) is 95.1. The number of carbonyl (C=O) groups is 2. The van der Waals surface area contributed by atoms with Gasteiger partial charge >= 0.3 is 0 Å². The Hall–Kier alpha value is -11.9. The predicted octanol–water partition coefficient (Wildman–Crippen LogP) is 21.8. The molecule has 3 saturated heterocycles. The average Bonchev–Trinajstić information content (AvgIpc) is 1.44. The highest BCUT2D eigenvalue weighted by molar-refractivity contribution is 5.83. The van der Waals surface area contributed by atoms with Gasteiger partial charge in [0.1, 0.15) is 34.7 Å². The summed E-state index contributed by atoms with van der Waals surface area (Å²) in [4.78, 5) is 81.0. The minimum absolute atomic E-state index is 0.00511. The van der Waals surface area contributed by atoms with Crippen LogP contribution in [-0.4, -0.2) is 134 Å². The lowest BCUT2D eigenvalue weighted by molar-refractivity contribution is -0.234. The van der Waals surface area contributed by atoms with E-state index in [2.05, 4.69) is 88.5 Å². The number of aliphatic hydroxyl groups is 1. The molecule has 0 bridgehead atoms. The Morgan fingerprint density at radius 2 is 0.650 bits per heavy atom. The Morgan fingerprint density at radius 3 is 0.956 bits per heavy atom. The van der Waals surface area contributed by atoms with Gasteiger partial charge in [0.25, 0.3) is 0 Å². The maximum Gasteiger partial charge on any atom is 0.171 e. The highest BCUT2D eigenvalue weighted by Crippen LogP contribution is 2.62. The van der Waals surface area contributed by atoms with Crippen molar-refractivity contribution in [3.63, 3.8) is 0 Å². The second kappa shape index (κ2) is 37.1. The number of hydrogen-bond donors (Lipinski definition) is 1. The average molecular weight is 1850 g/mol. The van der Waals surface area contributed by atoms with Gasteiger partial charge in [0.05, 0.1) is 109 Å². The van der Waals surface area contributed by atoms with Crippen molar-refractivity contribution >= 4 is 24.2 Å². The molecule has 0 radical (unpaired) electrons. The number of ketones is 1. The standard InChI is InChI=1S/C29H30FN3O2.C28H30FN3O3.C28H28FN3O3.C27H26FN3O/c1-4-20-17-19(11-14-31-20)27-32-25(21-7-5-6-8-24(21)30)22-9-10-23-18(2)29(34-15-16-35-29)13-12-28(23,3)26(22)33-27;2*1-17-22-8-7-21-24(20-5-3-4-6-23(20)29)31-26(18-9-12-30-19(15-18)16-33)32-25(21)27(22,2)10-11-28(17)34-13-14-35-28;1-4-18-15-17(12-14-29-18)26-30-24(19-7-5-6-8-22(19)28)20-9-10-21-16(2)23(32)11-13-27(21,3)25(20)31-26/h4-8,11,14,17-18,23H,1,9-10,12-13,15-16H2,2-3H3;3-6,9,12,15,17,22,33H,7-8,10-11,13-14,16H2,1-2H3;3-6,9,12,15-17,22H,7-8,10-11,13-14H2,1-2H3;4-8,12,14-16,21H,1,9-11,13H2,2-3H3/t18-,23-,28-;2*17-,22-,27-;16-,21-,27-/m1111/s1. The Kier molecular flexibility index (Phi) is 25.1. The first-order valence-corrected chi connectivity index (χ1v) is 48.4. The number of benzene rings is 4. The van der Waals surface area contributed by atoms with Gasteiger partial charge in [-0.05, 0) is 210 Å². The summed E-state index contributed by atoms with van der Waals surface area (Å²) in [7, 11) is 0. The van der Waals surface area contributed by atoms with Crippen molar-refractivity contribution in [2.75, 3.05) is 39.6 Å². The van der Waals surface area contributed by atoms with E-state index in [9.17, 15) is 19.1 Å². The van der Waals surface area contributed by atoms with E-state index in [4.69, 9.17) is 68.3 Å². The lowest BCUT2D eigenvalue weighted by Gasteiger charge is -2.54. The topological polar surface area (TPSA) is 264 Å². The van der Waals surface area contributed by atoms with Gasteiger partial charge in [-0.1, -0.05) is 117 Å². The Morgan fingerprint density at radius 1 is 0.365 bits per heavy atom. The van der Waals surface area contributed by atoms with E-state index < -0.39 is 17.4 Å². The molecule has 23 rings (SSSR count). The molecule has 11 heterocycles. The van der Waals surface area contributed by atoms with E-state index in [1.165, 1.54) is 24.3 Å². The number of rotatable bonds is 12. The van der Waals surface area contributed by atoms with Gasteiger partial charge in [-0.25, -0.2) is 57.4 Å². The largest absolute Gasteiger partial charge is 0.390 e. The van der Waals surface area contributed by atoms with E-state index in [0.29, 0.717) is 161 Å². The van der Waals surface area contributed by atoms with E-state index in [1.54, 1.807) is 97.6 Å². The lowest BCUT2D eigenvalue weighted by Crippen LogP contribution is -2.55. The van der Waals surface area contributed by atoms with Crippen LogP contribution in [0.2, 0.25) is 0 Å². The van der Waals surface area contributed by atoms with Crippen LogP contribution in [0, 0.1) is 70.6 Å². The van der Waals surface area contributed by atoms with E-state index >= 15 is 13.2 Å². The number of fused-ring (bicyclic) bond motifs is 12. The molecule has 8 aromatic heterocycles. The normalized spacial score (nSPS) is 26.3. The fourth-order valence-corrected chi connectivity index (χ4v) is 25.5. The molecular formula is C112H114F4N12O9. The summed E-state index contributed by atoms with van der Waals surface area (Å²) in [5, 5.41) is 9.62. The molecular weight excluding hydrogens is 1730 g/mol. The number of hydrogen-bond acceptors (Lipinski definition) is 21. The smallest absolute Gasteiger partial charge is 0.171 e. The van der Waals surface area contributed by atoms with E-state index in [-0.39, 0.29) is 81.1 Å². The van der Waals surface area contributed by atoms with Crippen LogP contribution < -0.4 is 0 Å². The van der Waals surface area contributed by atoms with Crippen LogP contribution in [0.4, 0.5) is 17.6 Å². The van der Waals surface area contributed by atoms with Crippen LogP contribution in [0.25, 0.3) is 103 Å². The minimum atomic E-state index is -0.518. The van der Waals surface area contributed by atoms with Gasteiger partial charge in [-0.15, -0.1) is 0 Å². The first kappa shape index (κ1) is 92.7. The molecule has 12 aromatic rings. The number of nitrogens with zero attached hydrogens (tertiary/aromatic N) is 12. The fourth-order valence-electron chi connectivity index (χ4n) is 25.5. The molecule has 704 valence electrons. The van der Waals surface area contributed by atoms with Crippen molar-refractivity contribution in [3.05, 3.63) is 275 Å². The summed E-state index contributed by atoms with van der Waals surface area (Å²) < 4.78 is 97.1. The van der Waals surface area contributed by atoms with Crippen LogP contribution in [0.15, 0.2) is 184 Å². The SMILES string of the molecule is C=Cc1cc(-c2nc(-c3ccccc3F)c3c(n2)[C@]2(C)CCC(=O)[C@H](C)[C@H]2CC3)ccn1.C=Cc1cc(-c2nc(-c3ccccc3F)c3c(n2)[C@]2(C)CCC4(OCCO4)[C@H](C)[C@H]2CC3)ccn1.C[C@@H]1[C@H]2CCc3c(-c4ccccc4F)nc(-c4ccnc(C=O)c4)nc3[C@]2(C)CCC12OCCO2.C[C@@H]1[C@H]2CCc3c(-c4ccccc4F)nc(-c4ccnc(CO)c4)nc3[C@]2(C)CCC12OCCO2. The van der Waals surface area contributed by atoms with Crippen molar-refractivity contribution in [3.8, 4) is 90.6 Å². The molecule has 4 aromatic carbocycles. The number of pyridine rings is 4. The van der Waals surface area contributed by atoms with Crippen molar-refractivity contribution in [1.82, 2.24) is 59.8 Å². The van der Waals surface area contributed by atoms with E-state index in [1.807, 2.05) is 60.7 Å². The molecule has 0 amide bonds. The Balaban J connectivity index is 0.000000113. The maximum atomic E-state index is 15.1. The maximum absolute atomic E-state index is 15.1. The molecule has 0 unspecified atom stereocenters. The third-order valence-corrected chi connectivity index (χ3v) is 32.9. The molecule has 3 aliphatic heterocycles. The zero-order valence-corrected chi connectivity index (χ0v) is 78.8. The lowest BCUT2D eigenvalue weighted by atomic mass is 9.54. The number of carbonyl (C=O) groups excluding carboxylic acids is 2. The number of Topliss-reactive ketones (excluding diaryl/α,β-unsaturated/α-hetero) is 1. The first-order valence-electron chi connectivity index (χ1n) is 48.4. The van der Waals surface area contributed by atoms with Gasteiger partial charge in [0.2, 0.25) is 0 Å². The molecule has 11 aliphatic rings. The molecule has 21 nitrogen and oxygen atoms in total. The van der Waals surface area contributed by atoms with Gasteiger partial charge in [-0.2, -0.15) is 0 Å². The second-order valence-corrected chi connectivity index (χ2v) is 39.8. The van der Waals surface area contributed by atoms with Crippen LogP contribution in [-0.2, 0) is 87.2 Å². The van der Waals surface area contributed by atoms with Gasteiger partial charge in [0.15, 0.2) is 46.9 Å². The Bertz CT molecular complexity index is 6500. The van der Waals surface area contributed by atoms with Crippen LogP contribution in [0.5, 0.6) is 0 Å². The molecule has 25 heteroatoms. The molecule has 12 atom stereocenters. The molecule has 137 heavy (non-hydrogen) atoms. The third-order valence-electron chi connectivity index (χ3n) is 32.9. The molecule has 1 N–H and O–H groups in total. The van der Waals surface area contributed by atoms with Crippen molar-refractivity contribution in [1.29, 1.82) is 0 Å². The van der Waals surface area contributed by atoms with Crippen molar-refractivity contribution in [2.24, 2.45) is 47.3 Å².